The van der Waals surface area contributed by atoms with Crippen LogP contribution in [0.25, 0.3) is 0 Å². The number of halogens is 2. The molecule has 0 bridgehead atoms. The third kappa shape index (κ3) is 5.16. The molecule has 0 aromatic heterocycles. The quantitative estimate of drug-likeness (QED) is 0.867. The molecule has 0 heterocycles. The molecule has 0 unspecified atom stereocenters. The molecule has 0 amide bonds. The van der Waals surface area contributed by atoms with Gasteiger partial charge in [0.25, 0.3) is 0 Å². The smallest absolute Gasteiger partial charge is 0.129 e. The normalized spacial score (nSPS) is 10.9. The topological polar surface area (TPSA) is 21.3 Å². The molecule has 0 aliphatic heterocycles. The Labute approximate surface area is 123 Å². The number of hydrogen-bond acceptors (Lipinski definition) is 2. The number of nitrogens with one attached hydrogen (secondary N) is 1. The van der Waals surface area contributed by atoms with Gasteiger partial charge in [-0.3, -0.25) is 0 Å². The number of hydrogen-bond donors (Lipinski definition) is 1. The number of rotatable bonds is 6. The lowest BCUT2D eigenvalue weighted by Gasteiger charge is -2.10. The average Bonchev–Trinajstić information content (AvgIpc) is 2.42. The second kappa shape index (κ2) is 7.18. The summed E-state index contributed by atoms with van der Waals surface area (Å²) in [7, 11) is 0. The van der Waals surface area contributed by atoms with E-state index in [1.165, 1.54) is 12.1 Å². The Morgan fingerprint density at radius 1 is 1.00 bits per heavy atom. The van der Waals surface area contributed by atoms with Crippen molar-refractivity contribution >= 4 is 0 Å². The van der Waals surface area contributed by atoms with Crippen LogP contribution in [0.4, 0.5) is 8.78 Å². The van der Waals surface area contributed by atoms with Crippen molar-refractivity contribution in [1.82, 2.24) is 5.32 Å². The molecule has 0 spiro atoms. The highest BCUT2D eigenvalue weighted by Gasteiger charge is 2.03. The lowest BCUT2D eigenvalue weighted by atomic mass is 10.1. The van der Waals surface area contributed by atoms with Gasteiger partial charge in [0.15, 0.2) is 0 Å². The highest BCUT2D eigenvalue weighted by molar-refractivity contribution is 5.26. The fourth-order valence-electron chi connectivity index (χ4n) is 1.93. The van der Waals surface area contributed by atoms with E-state index in [0.717, 1.165) is 23.7 Å². The first kappa shape index (κ1) is 15.4. The van der Waals surface area contributed by atoms with Gasteiger partial charge in [-0.2, -0.15) is 0 Å². The first-order chi connectivity index (χ1) is 10.0. The van der Waals surface area contributed by atoms with Gasteiger partial charge in [0, 0.05) is 30.8 Å². The van der Waals surface area contributed by atoms with Gasteiger partial charge in [0.05, 0.1) is 0 Å². The van der Waals surface area contributed by atoms with Crippen molar-refractivity contribution < 1.29 is 13.5 Å². The van der Waals surface area contributed by atoms with Gasteiger partial charge >= 0.3 is 0 Å². The maximum atomic E-state index is 13.1. The minimum atomic E-state index is -0.639. The Morgan fingerprint density at radius 2 is 1.67 bits per heavy atom. The van der Waals surface area contributed by atoms with Crippen molar-refractivity contribution in [3.63, 3.8) is 0 Å². The van der Waals surface area contributed by atoms with Crippen LogP contribution in [-0.2, 0) is 13.2 Å². The van der Waals surface area contributed by atoms with E-state index in [1.807, 2.05) is 24.3 Å². The molecule has 2 aromatic rings. The van der Waals surface area contributed by atoms with Crippen LogP contribution in [0.5, 0.6) is 5.75 Å². The minimum Gasteiger partial charge on any atom is -0.489 e. The molecule has 112 valence electrons. The summed E-state index contributed by atoms with van der Waals surface area (Å²) in [6.07, 6.45) is 0. The fourth-order valence-corrected chi connectivity index (χ4v) is 1.93. The predicted octanol–water partition coefficient (Wildman–Crippen LogP) is 4.04. The van der Waals surface area contributed by atoms with Gasteiger partial charge in [-0.1, -0.05) is 38.1 Å². The Morgan fingerprint density at radius 3 is 2.33 bits per heavy atom. The minimum absolute atomic E-state index is 0.193. The molecule has 0 fully saturated rings. The third-order valence-corrected chi connectivity index (χ3v) is 2.95. The summed E-state index contributed by atoms with van der Waals surface area (Å²) in [6, 6.07) is 11.5. The first-order valence-electron chi connectivity index (χ1n) is 6.93. The van der Waals surface area contributed by atoms with Crippen LogP contribution in [0.1, 0.15) is 25.0 Å². The largest absolute Gasteiger partial charge is 0.489 e. The molecule has 2 aromatic carbocycles. The van der Waals surface area contributed by atoms with E-state index in [9.17, 15) is 8.78 Å². The molecular formula is C17H19F2NO. The van der Waals surface area contributed by atoms with E-state index in [2.05, 4.69) is 19.2 Å². The summed E-state index contributed by atoms with van der Waals surface area (Å²) in [6.45, 7) is 5.23. The maximum absolute atomic E-state index is 13.1. The Bertz CT molecular complexity index is 579. The highest BCUT2D eigenvalue weighted by atomic mass is 19.1. The number of benzene rings is 2. The summed E-state index contributed by atoms with van der Waals surface area (Å²) >= 11 is 0. The van der Waals surface area contributed by atoms with Crippen molar-refractivity contribution in [1.29, 1.82) is 0 Å². The zero-order valence-corrected chi connectivity index (χ0v) is 12.2. The molecule has 0 saturated heterocycles. The van der Waals surface area contributed by atoms with Crippen LogP contribution in [0.2, 0.25) is 0 Å². The molecule has 4 heteroatoms. The van der Waals surface area contributed by atoms with E-state index in [1.54, 1.807) is 0 Å². The monoisotopic (exact) mass is 291 g/mol. The Hall–Kier alpha value is -1.94. The molecule has 21 heavy (non-hydrogen) atoms. The summed E-state index contributed by atoms with van der Waals surface area (Å²) in [5, 5.41) is 3.34. The zero-order chi connectivity index (χ0) is 15.2. The van der Waals surface area contributed by atoms with E-state index in [-0.39, 0.29) is 12.4 Å². The Balaban J connectivity index is 1.98. The van der Waals surface area contributed by atoms with Crippen LogP contribution in [0, 0.1) is 11.6 Å². The molecule has 0 saturated carbocycles. The van der Waals surface area contributed by atoms with Gasteiger partial charge in [-0.05, 0) is 11.1 Å². The van der Waals surface area contributed by atoms with Gasteiger partial charge in [-0.25, -0.2) is 8.78 Å². The van der Waals surface area contributed by atoms with Gasteiger partial charge in [0.2, 0.25) is 0 Å². The number of ether oxygens (including phenoxy) is 1. The van der Waals surface area contributed by atoms with E-state index < -0.39 is 11.6 Å². The highest BCUT2D eigenvalue weighted by Crippen LogP contribution is 2.17. The van der Waals surface area contributed by atoms with Gasteiger partial charge < -0.3 is 10.1 Å². The molecule has 2 nitrogen and oxygen atoms in total. The fraction of sp³-hybridized carbons (Fsp3) is 0.294. The predicted molar refractivity (Wildman–Crippen MR) is 79.1 cm³/mol. The Kier molecular flexibility index (Phi) is 5.28. The molecule has 0 aliphatic rings. The molecule has 1 N–H and O–H groups in total. The summed E-state index contributed by atoms with van der Waals surface area (Å²) in [4.78, 5) is 0. The van der Waals surface area contributed by atoms with Gasteiger partial charge in [-0.15, -0.1) is 0 Å². The van der Waals surface area contributed by atoms with Crippen LogP contribution in [0.3, 0.4) is 0 Å². The van der Waals surface area contributed by atoms with E-state index in [0.29, 0.717) is 6.04 Å². The van der Waals surface area contributed by atoms with Crippen LogP contribution in [-0.4, -0.2) is 6.04 Å². The summed E-state index contributed by atoms with van der Waals surface area (Å²) in [5.41, 5.74) is 2.11. The average molecular weight is 291 g/mol. The van der Waals surface area contributed by atoms with Crippen molar-refractivity contribution in [3.05, 3.63) is 65.2 Å². The molecule has 2 rings (SSSR count). The van der Waals surface area contributed by atoms with Crippen molar-refractivity contribution in [2.75, 3.05) is 0 Å². The molecule has 0 aliphatic carbocycles. The second-order valence-electron chi connectivity index (χ2n) is 5.25. The van der Waals surface area contributed by atoms with Crippen LogP contribution in [0.15, 0.2) is 42.5 Å². The van der Waals surface area contributed by atoms with Crippen molar-refractivity contribution in [2.24, 2.45) is 0 Å². The van der Waals surface area contributed by atoms with Crippen molar-refractivity contribution in [2.45, 2.75) is 33.0 Å². The standard InChI is InChI=1S/C17H19F2NO/c1-12(2)20-10-13-4-3-5-14(6-13)11-21-17-8-15(18)7-16(19)9-17/h3-9,12,20H,10-11H2,1-2H3. The van der Waals surface area contributed by atoms with Crippen LogP contribution < -0.4 is 10.1 Å². The summed E-state index contributed by atoms with van der Waals surface area (Å²) < 4.78 is 31.6. The van der Waals surface area contributed by atoms with Gasteiger partial charge in [0.1, 0.15) is 24.0 Å². The lowest BCUT2D eigenvalue weighted by Crippen LogP contribution is -2.21. The van der Waals surface area contributed by atoms with E-state index in [4.69, 9.17) is 4.74 Å². The first-order valence-corrected chi connectivity index (χ1v) is 6.93. The molecule has 0 radical (unpaired) electrons. The lowest BCUT2D eigenvalue weighted by molar-refractivity contribution is 0.302. The zero-order valence-electron chi connectivity index (χ0n) is 12.2. The second-order valence-corrected chi connectivity index (χ2v) is 5.25. The van der Waals surface area contributed by atoms with Crippen LogP contribution >= 0.6 is 0 Å². The third-order valence-electron chi connectivity index (χ3n) is 2.95. The summed E-state index contributed by atoms with van der Waals surface area (Å²) in [5.74, 6) is -1.09. The molecular weight excluding hydrogens is 272 g/mol. The molecule has 0 atom stereocenters. The SMILES string of the molecule is CC(C)NCc1cccc(COc2cc(F)cc(F)c2)c1. The van der Waals surface area contributed by atoms with E-state index >= 15 is 0 Å². The maximum Gasteiger partial charge on any atom is 0.129 e. The van der Waals surface area contributed by atoms with Crippen molar-refractivity contribution in [3.8, 4) is 5.75 Å².